The zero-order valence-corrected chi connectivity index (χ0v) is 20.8. The molecule has 0 bridgehead atoms. The average Bonchev–Trinajstić information content (AvgIpc) is 3.27. The van der Waals surface area contributed by atoms with E-state index >= 15 is 0 Å². The van der Waals surface area contributed by atoms with Crippen molar-refractivity contribution in [1.82, 2.24) is 14.8 Å². The van der Waals surface area contributed by atoms with Crippen LogP contribution < -0.4 is 5.32 Å². The van der Waals surface area contributed by atoms with Gasteiger partial charge in [0.25, 0.3) is 0 Å². The van der Waals surface area contributed by atoms with Crippen molar-refractivity contribution in [2.45, 2.75) is 45.8 Å². The first-order valence-corrected chi connectivity index (χ1v) is 12.4. The molecular formula is C22H25ClN4O3S2. The van der Waals surface area contributed by atoms with Crippen LogP contribution in [0.3, 0.4) is 0 Å². The summed E-state index contributed by atoms with van der Waals surface area (Å²) >= 11 is 8.65. The number of thioether (sulfide) groups is 1. The number of benzene rings is 1. The maximum absolute atomic E-state index is 12.6. The van der Waals surface area contributed by atoms with Crippen molar-refractivity contribution in [2.24, 2.45) is 0 Å². The summed E-state index contributed by atoms with van der Waals surface area (Å²) in [6.45, 7) is 8.51. The van der Waals surface area contributed by atoms with Crippen molar-refractivity contribution in [1.29, 1.82) is 0 Å². The number of rotatable bonds is 9. The fourth-order valence-electron chi connectivity index (χ4n) is 3.12. The molecular weight excluding hydrogens is 468 g/mol. The lowest BCUT2D eigenvalue weighted by Crippen LogP contribution is -2.17. The molecule has 0 aliphatic heterocycles. The van der Waals surface area contributed by atoms with Gasteiger partial charge in [-0.15, -0.1) is 21.5 Å². The number of amides is 1. The molecule has 2 heterocycles. The van der Waals surface area contributed by atoms with Gasteiger partial charge in [-0.2, -0.15) is 0 Å². The molecule has 0 radical (unpaired) electrons. The second kappa shape index (κ2) is 11.0. The first kappa shape index (κ1) is 24.3. The number of nitrogens with one attached hydrogen (secondary N) is 1. The number of anilines is 1. The van der Waals surface area contributed by atoms with Crippen LogP contribution >= 0.6 is 34.7 Å². The third-order valence-electron chi connectivity index (χ3n) is 4.84. The van der Waals surface area contributed by atoms with E-state index in [1.54, 1.807) is 6.92 Å². The molecule has 0 fully saturated rings. The van der Waals surface area contributed by atoms with E-state index in [4.69, 9.17) is 16.3 Å². The van der Waals surface area contributed by atoms with E-state index in [2.05, 4.69) is 15.5 Å². The lowest BCUT2D eigenvalue weighted by Gasteiger charge is -2.09. The Hall–Kier alpha value is -2.36. The summed E-state index contributed by atoms with van der Waals surface area (Å²) < 4.78 is 7.14. The van der Waals surface area contributed by atoms with Gasteiger partial charge in [-0.25, -0.2) is 4.79 Å². The minimum absolute atomic E-state index is 0.150. The van der Waals surface area contributed by atoms with Crippen LogP contribution in [0.2, 0.25) is 5.02 Å². The molecule has 0 atom stereocenters. The average molecular weight is 493 g/mol. The van der Waals surface area contributed by atoms with Gasteiger partial charge in [-0.05, 0) is 51.0 Å². The van der Waals surface area contributed by atoms with Crippen molar-refractivity contribution in [3.63, 3.8) is 0 Å². The van der Waals surface area contributed by atoms with Crippen molar-refractivity contribution in [3.05, 3.63) is 56.7 Å². The Morgan fingerprint density at radius 3 is 2.56 bits per heavy atom. The lowest BCUT2D eigenvalue weighted by atomic mass is 10.1. The number of nitrogens with zero attached hydrogens (tertiary/aromatic N) is 3. The van der Waals surface area contributed by atoms with Crippen LogP contribution in [0.4, 0.5) is 5.00 Å². The van der Waals surface area contributed by atoms with E-state index < -0.39 is 5.97 Å². The Balaban J connectivity index is 1.67. The Bertz CT molecular complexity index is 1110. The van der Waals surface area contributed by atoms with E-state index in [1.165, 1.54) is 23.1 Å². The monoisotopic (exact) mass is 492 g/mol. The summed E-state index contributed by atoms with van der Waals surface area (Å²) in [6.07, 6.45) is 0.626. The molecule has 0 spiro atoms. The van der Waals surface area contributed by atoms with Gasteiger partial charge in [0, 0.05) is 22.9 Å². The van der Waals surface area contributed by atoms with E-state index in [0.29, 0.717) is 33.7 Å². The van der Waals surface area contributed by atoms with Gasteiger partial charge in [0.05, 0.1) is 17.9 Å². The zero-order chi connectivity index (χ0) is 23.3. The SMILES string of the molecule is CCOC(=O)c1c(NC(=O)CSc2nnc(Cc3ccc(Cl)cc3)n2CC)sc(C)c1C. The number of aryl methyl sites for hydroxylation is 1. The van der Waals surface area contributed by atoms with Gasteiger partial charge in [0.2, 0.25) is 5.91 Å². The summed E-state index contributed by atoms with van der Waals surface area (Å²) in [5.74, 6) is 0.338. The standard InChI is InChI=1S/C22H25ClN4O3S2/c1-5-27-17(11-15-7-9-16(23)10-8-15)25-26-22(27)31-12-18(28)24-20-19(21(29)30-6-2)13(3)14(4)32-20/h7-10H,5-6,11-12H2,1-4H3,(H,24,28). The van der Waals surface area contributed by atoms with Gasteiger partial charge in [0.1, 0.15) is 10.8 Å². The van der Waals surface area contributed by atoms with Crippen molar-refractivity contribution in [2.75, 3.05) is 17.7 Å². The summed E-state index contributed by atoms with van der Waals surface area (Å²) in [4.78, 5) is 25.9. The van der Waals surface area contributed by atoms with Crippen LogP contribution in [0, 0.1) is 13.8 Å². The third kappa shape index (κ3) is 5.70. The minimum atomic E-state index is -0.421. The van der Waals surface area contributed by atoms with E-state index in [9.17, 15) is 9.59 Å². The van der Waals surface area contributed by atoms with Gasteiger partial charge >= 0.3 is 5.97 Å². The molecule has 3 aromatic rings. The zero-order valence-electron chi connectivity index (χ0n) is 18.4. The molecule has 0 unspecified atom stereocenters. The number of thiophene rings is 1. The second-order valence-corrected chi connectivity index (χ2v) is 9.59. The van der Waals surface area contributed by atoms with E-state index in [1.807, 2.05) is 49.6 Å². The first-order valence-electron chi connectivity index (χ1n) is 10.2. The quantitative estimate of drug-likeness (QED) is 0.329. The normalized spacial score (nSPS) is 10.9. The van der Waals surface area contributed by atoms with Crippen LogP contribution in [0.5, 0.6) is 0 Å². The topological polar surface area (TPSA) is 86.1 Å². The van der Waals surface area contributed by atoms with Gasteiger partial charge in [-0.3, -0.25) is 4.79 Å². The molecule has 0 saturated heterocycles. The number of carbonyl (C=O) groups excluding carboxylic acids is 2. The minimum Gasteiger partial charge on any atom is -0.462 e. The highest BCUT2D eigenvalue weighted by atomic mass is 35.5. The Kier molecular flexibility index (Phi) is 8.33. The number of hydrogen-bond donors (Lipinski definition) is 1. The van der Waals surface area contributed by atoms with Crippen LogP contribution in [-0.4, -0.2) is 39.0 Å². The molecule has 0 aliphatic rings. The number of esters is 1. The summed E-state index contributed by atoms with van der Waals surface area (Å²) in [7, 11) is 0. The van der Waals surface area contributed by atoms with Crippen molar-refractivity contribution < 1.29 is 14.3 Å². The fourth-order valence-corrected chi connectivity index (χ4v) is 5.13. The van der Waals surface area contributed by atoms with Crippen LogP contribution in [-0.2, 0) is 22.5 Å². The predicted octanol–water partition coefficient (Wildman–Crippen LogP) is 5.13. The Morgan fingerprint density at radius 2 is 1.91 bits per heavy atom. The van der Waals surface area contributed by atoms with Gasteiger partial charge in [0.15, 0.2) is 5.16 Å². The smallest absolute Gasteiger partial charge is 0.341 e. The van der Waals surface area contributed by atoms with Crippen molar-refractivity contribution in [3.8, 4) is 0 Å². The van der Waals surface area contributed by atoms with Crippen LogP contribution in [0.1, 0.15) is 46.0 Å². The number of halogens is 1. The molecule has 0 saturated carbocycles. The maximum Gasteiger partial charge on any atom is 0.341 e. The highest BCUT2D eigenvalue weighted by Crippen LogP contribution is 2.33. The molecule has 1 N–H and O–H groups in total. The second-order valence-electron chi connectivity index (χ2n) is 6.99. The Morgan fingerprint density at radius 1 is 1.19 bits per heavy atom. The molecule has 1 amide bonds. The van der Waals surface area contributed by atoms with E-state index in [0.717, 1.165) is 21.8 Å². The summed E-state index contributed by atoms with van der Waals surface area (Å²) in [6, 6.07) is 7.62. The number of hydrogen-bond acceptors (Lipinski definition) is 7. The summed E-state index contributed by atoms with van der Waals surface area (Å²) in [5.41, 5.74) is 2.34. The molecule has 2 aromatic heterocycles. The largest absolute Gasteiger partial charge is 0.462 e. The molecule has 170 valence electrons. The number of ether oxygens (including phenoxy) is 1. The van der Waals surface area contributed by atoms with Crippen LogP contribution in [0.25, 0.3) is 0 Å². The predicted molar refractivity (Wildman–Crippen MR) is 129 cm³/mol. The van der Waals surface area contributed by atoms with E-state index in [-0.39, 0.29) is 18.3 Å². The van der Waals surface area contributed by atoms with Crippen LogP contribution in [0.15, 0.2) is 29.4 Å². The Labute approximate surface area is 200 Å². The molecule has 0 aliphatic carbocycles. The molecule has 32 heavy (non-hydrogen) atoms. The van der Waals surface area contributed by atoms with Gasteiger partial charge in [-0.1, -0.05) is 35.5 Å². The molecule has 3 rings (SSSR count). The number of aromatic nitrogens is 3. The van der Waals surface area contributed by atoms with Gasteiger partial charge < -0.3 is 14.6 Å². The molecule has 7 nitrogen and oxygen atoms in total. The number of carbonyl (C=O) groups is 2. The highest BCUT2D eigenvalue weighted by molar-refractivity contribution is 7.99. The highest BCUT2D eigenvalue weighted by Gasteiger charge is 2.22. The van der Waals surface area contributed by atoms with Crippen molar-refractivity contribution >= 4 is 51.6 Å². The molecule has 10 heteroatoms. The maximum atomic E-state index is 12.6. The fraction of sp³-hybridized carbons (Fsp3) is 0.364. The summed E-state index contributed by atoms with van der Waals surface area (Å²) in [5, 5.41) is 13.3. The molecule has 1 aromatic carbocycles. The first-order chi connectivity index (χ1) is 15.3. The lowest BCUT2D eigenvalue weighted by molar-refractivity contribution is -0.113. The third-order valence-corrected chi connectivity index (χ3v) is 7.18.